The molecule has 0 aliphatic rings. The highest BCUT2D eigenvalue weighted by Gasteiger charge is 2.20. The molecule has 0 saturated heterocycles. The van der Waals surface area contributed by atoms with Gasteiger partial charge in [0.15, 0.2) is 0 Å². The molecule has 1 aromatic rings. The molecule has 1 unspecified atom stereocenters. The Morgan fingerprint density at radius 2 is 1.85 bits per heavy atom. The monoisotopic (exact) mass is 363 g/mol. The standard InChI is InChI=1S/C20H29NO5/c1-5-13-26-18-9-6-17(7-10-18)8-11-19(22)21(12-14-24-3)15-16(2)20(23)25-4/h6-11,16H,5,12-15H2,1-4H3/b11-8+. The van der Waals surface area contributed by atoms with Gasteiger partial charge in [-0.2, -0.15) is 0 Å². The van der Waals surface area contributed by atoms with E-state index in [0.29, 0.717) is 19.8 Å². The molecular weight excluding hydrogens is 334 g/mol. The third-order valence-electron chi connectivity index (χ3n) is 3.75. The first-order chi connectivity index (χ1) is 12.5. The molecule has 144 valence electrons. The van der Waals surface area contributed by atoms with Crippen LogP contribution < -0.4 is 4.74 Å². The number of esters is 1. The lowest BCUT2D eigenvalue weighted by Gasteiger charge is -2.23. The molecule has 6 nitrogen and oxygen atoms in total. The van der Waals surface area contributed by atoms with Crippen LogP contribution in [0.25, 0.3) is 6.08 Å². The quantitative estimate of drug-likeness (QED) is 0.447. The van der Waals surface area contributed by atoms with Gasteiger partial charge in [0.05, 0.1) is 26.2 Å². The number of nitrogens with zero attached hydrogens (tertiary/aromatic N) is 1. The van der Waals surface area contributed by atoms with Crippen LogP contribution in [0.3, 0.4) is 0 Å². The van der Waals surface area contributed by atoms with Crippen LogP contribution in [0, 0.1) is 5.92 Å². The van der Waals surface area contributed by atoms with E-state index in [4.69, 9.17) is 14.2 Å². The Morgan fingerprint density at radius 3 is 2.42 bits per heavy atom. The van der Waals surface area contributed by atoms with Crippen molar-refractivity contribution in [1.82, 2.24) is 4.90 Å². The Morgan fingerprint density at radius 1 is 1.15 bits per heavy atom. The van der Waals surface area contributed by atoms with E-state index in [2.05, 4.69) is 6.92 Å². The zero-order chi connectivity index (χ0) is 19.4. The summed E-state index contributed by atoms with van der Waals surface area (Å²) in [5.74, 6) is -0.107. The number of carbonyl (C=O) groups is 2. The van der Waals surface area contributed by atoms with Gasteiger partial charge in [-0.3, -0.25) is 9.59 Å². The van der Waals surface area contributed by atoms with E-state index in [1.165, 1.54) is 13.2 Å². The molecule has 0 fully saturated rings. The normalized spacial score (nSPS) is 12.0. The molecule has 6 heteroatoms. The Bertz CT molecular complexity index is 582. The van der Waals surface area contributed by atoms with E-state index in [0.717, 1.165) is 17.7 Å². The number of carbonyl (C=O) groups excluding carboxylic acids is 2. The van der Waals surface area contributed by atoms with Crippen molar-refractivity contribution < 1.29 is 23.8 Å². The van der Waals surface area contributed by atoms with Crippen LogP contribution in [0.1, 0.15) is 25.8 Å². The summed E-state index contributed by atoms with van der Waals surface area (Å²) in [6.45, 7) is 5.56. The van der Waals surface area contributed by atoms with Crippen molar-refractivity contribution >= 4 is 18.0 Å². The van der Waals surface area contributed by atoms with Crippen molar-refractivity contribution in [2.24, 2.45) is 5.92 Å². The van der Waals surface area contributed by atoms with Crippen LogP contribution in [0.2, 0.25) is 0 Å². The maximum absolute atomic E-state index is 12.5. The predicted octanol–water partition coefficient (Wildman–Crippen LogP) is 2.77. The number of benzene rings is 1. The molecular formula is C20H29NO5. The summed E-state index contributed by atoms with van der Waals surface area (Å²) in [7, 11) is 2.92. The second-order valence-corrected chi connectivity index (χ2v) is 5.95. The minimum Gasteiger partial charge on any atom is -0.494 e. The Hall–Kier alpha value is -2.34. The first kappa shape index (κ1) is 21.7. The second-order valence-electron chi connectivity index (χ2n) is 5.95. The van der Waals surface area contributed by atoms with Gasteiger partial charge in [-0.05, 0) is 30.2 Å². The molecule has 0 aliphatic carbocycles. The summed E-state index contributed by atoms with van der Waals surface area (Å²) in [6, 6.07) is 7.54. The molecule has 0 aliphatic heterocycles. The number of hydrogen-bond donors (Lipinski definition) is 0. The van der Waals surface area contributed by atoms with Crippen LogP contribution >= 0.6 is 0 Å². The molecule has 0 saturated carbocycles. The SMILES string of the molecule is CCCOc1ccc(/C=C/C(=O)N(CCOC)CC(C)C(=O)OC)cc1. The van der Waals surface area contributed by atoms with E-state index in [9.17, 15) is 9.59 Å². The molecule has 1 atom stereocenters. The minimum atomic E-state index is -0.399. The fourth-order valence-electron chi connectivity index (χ4n) is 2.27. The average molecular weight is 363 g/mol. The van der Waals surface area contributed by atoms with Gasteiger partial charge < -0.3 is 19.1 Å². The minimum absolute atomic E-state index is 0.177. The molecule has 1 rings (SSSR count). The molecule has 0 aromatic heterocycles. The van der Waals surface area contributed by atoms with Crippen LogP contribution in [-0.4, -0.2) is 57.3 Å². The highest BCUT2D eigenvalue weighted by Crippen LogP contribution is 2.14. The molecule has 0 N–H and O–H groups in total. The molecule has 0 radical (unpaired) electrons. The Balaban J connectivity index is 2.71. The Kier molecular flexibility index (Phi) is 10.1. The van der Waals surface area contributed by atoms with Crippen molar-refractivity contribution in [2.75, 3.05) is 40.5 Å². The average Bonchev–Trinajstić information content (AvgIpc) is 2.67. The lowest BCUT2D eigenvalue weighted by atomic mass is 10.1. The molecule has 0 spiro atoms. The van der Waals surface area contributed by atoms with Gasteiger partial charge in [-0.25, -0.2) is 0 Å². The lowest BCUT2D eigenvalue weighted by molar-refractivity contribution is -0.146. The summed E-state index contributed by atoms with van der Waals surface area (Å²) in [5.41, 5.74) is 0.898. The third-order valence-corrected chi connectivity index (χ3v) is 3.75. The number of ether oxygens (including phenoxy) is 3. The summed E-state index contributed by atoms with van der Waals surface area (Å²) < 4.78 is 15.3. The van der Waals surface area contributed by atoms with Crippen LogP contribution in [0.4, 0.5) is 0 Å². The topological polar surface area (TPSA) is 65.1 Å². The number of rotatable bonds is 11. The first-order valence-electron chi connectivity index (χ1n) is 8.78. The van der Waals surface area contributed by atoms with Gasteiger partial charge in [0.1, 0.15) is 5.75 Å². The van der Waals surface area contributed by atoms with Crippen molar-refractivity contribution in [2.45, 2.75) is 20.3 Å². The van der Waals surface area contributed by atoms with Gasteiger partial charge in [0, 0.05) is 26.3 Å². The van der Waals surface area contributed by atoms with E-state index >= 15 is 0 Å². The van der Waals surface area contributed by atoms with Gasteiger partial charge in [0.25, 0.3) is 0 Å². The van der Waals surface area contributed by atoms with Crippen molar-refractivity contribution in [1.29, 1.82) is 0 Å². The predicted molar refractivity (Wildman–Crippen MR) is 101 cm³/mol. The van der Waals surface area contributed by atoms with Crippen LogP contribution in [0.5, 0.6) is 5.75 Å². The summed E-state index contributed by atoms with van der Waals surface area (Å²) in [5, 5.41) is 0. The Labute approximate surface area is 155 Å². The zero-order valence-corrected chi connectivity index (χ0v) is 16.1. The van der Waals surface area contributed by atoms with Gasteiger partial charge >= 0.3 is 5.97 Å². The van der Waals surface area contributed by atoms with E-state index in [1.54, 1.807) is 25.0 Å². The summed E-state index contributed by atoms with van der Waals surface area (Å²) in [6.07, 6.45) is 4.20. The maximum atomic E-state index is 12.5. The summed E-state index contributed by atoms with van der Waals surface area (Å²) >= 11 is 0. The number of amides is 1. The van der Waals surface area contributed by atoms with Crippen LogP contribution in [0.15, 0.2) is 30.3 Å². The number of hydrogen-bond acceptors (Lipinski definition) is 5. The molecule has 0 heterocycles. The fraction of sp³-hybridized carbons (Fsp3) is 0.500. The zero-order valence-electron chi connectivity index (χ0n) is 16.1. The third kappa shape index (κ3) is 7.70. The highest BCUT2D eigenvalue weighted by molar-refractivity contribution is 5.92. The second kappa shape index (κ2) is 12.1. The molecule has 0 bridgehead atoms. The first-order valence-corrected chi connectivity index (χ1v) is 8.78. The highest BCUT2D eigenvalue weighted by atomic mass is 16.5. The van der Waals surface area contributed by atoms with E-state index < -0.39 is 5.92 Å². The fourth-order valence-corrected chi connectivity index (χ4v) is 2.27. The van der Waals surface area contributed by atoms with Crippen LogP contribution in [-0.2, 0) is 19.1 Å². The smallest absolute Gasteiger partial charge is 0.310 e. The van der Waals surface area contributed by atoms with Crippen molar-refractivity contribution in [3.05, 3.63) is 35.9 Å². The molecule has 26 heavy (non-hydrogen) atoms. The van der Waals surface area contributed by atoms with Crippen molar-refractivity contribution in [3.63, 3.8) is 0 Å². The molecule has 1 aromatic carbocycles. The largest absolute Gasteiger partial charge is 0.494 e. The molecule has 1 amide bonds. The van der Waals surface area contributed by atoms with E-state index in [-0.39, 0.29) is 18.4 Å². The number of methoxy groups -OCH3 is 2. The van der Waals surface area contributed by atoms with Crippen molar-refractivity contribution in [3.8, 4) is 5.75 Å². The van der Waals surface area contributed by atoms with Gasteiger partial charge in [-0.1, -0.05) is 26.0 Å². The van der Waals surface area contributed by atoms with Gasteiger partial charge in [-0.15, -0.1) is 0 Å². The lowest BCUT2D eigenvalue weighted by Crippen LogP contribution is -2.38. The summed E-state index contributed by atoms with van der Waals surface area (Å²) in [4.78, 5) is 25.7. The van der Waals surface area contributed by atoms with E-state index in [1.807, 2.05) is 24.3 Å². The van der Waals surface area contributed by atoms with Gasteiger partial charge in [0.2, 0.25) is 5.91 Å². The maximum Gasteiger partial charge on any atom is 0.310 e.